The zero-order valence-corrected chi connectivity index (χ0v) is 18.7. The van der Waals surface area contributed by atoms with Crippen molar-refractivity contribution >= 4 is 40.3 Å². The van der Waals surface area contributed by atoms with Gasteiger partial charge >= 0.3 is 0 Å². The van der Waals surface area contributed by atoms with E-state index in [2.05, 4.69) is 0 Å². The third kappa shape index (κ3) is 5.25. The van der Waals surface area contributed by atoms with E-state index in [9.17, 15) is 4.79 Å². The molecule has 0 radical (unpaired) electrons. The lowest BCUT2D eigenvalue weighted by molar-refractivity contribution is -0.121. The predicted octanol–water partition coefficient (Wildman–Crippen LogP) is 4.38. The van der Waals surface area contributed by atoms with Crippen LogP contribution in [0.5, 0.6) is 23.0 Å². The fourth-order valence-corrected chi connectivity index (χ4v) is 3.93. The first kappa shape index (κ1) is 22.0. The quantitative estimate of drug-likeness (QED) is 0.322. The molecular weight excluding hydrogens is 422 g/mol. The summed E-state index contributed by atoms with van der Waals surface area (Å²) in [5.74, 6) is 2.56. The summed E-state index contributed by atoms with van der Waals surface area (Å²) in [7, 11) is 4.88. The number of thiocarbonyl (C=S) groups is 1. The molecule has 8 heteroatoms. The second kappa shape index (κ2) is 10.4. The van der Waals surface area contributed by atoms with E-state index >= 15 is 0 Å². The Kier molecular flexibility index (Phi) is 7.59. The summed E-state index contributed by atoms with van der Waals surface area (Å²) in [5, 5.41) is 0. The van der Waals surface area contributed by atoms with E-state index in [1.165, 1.54) is 16.7 Å². The number of likely N-dealkylation sites (N-methyl/N-ethyl adjacent to an activating group) is 1. The Bertz CT molecular complexity index is 960. The van der Waals surface area contributed by atoms with Crippen LogP contribution in [-0.4, -0.2) is 49.6 Å². The number of para-hydroxylation sites is 1. The van der Waals surface area contributed by atoms with Crippen LogP contribution in [0.3, 0.4) is 0 Å². The normalized spacial score (nSPS) is 14.9. The zero-order chi connectivity index (χ0) is 21.5. The van der Waals surface area contributed by atoms with Gasteiger partial charge in [0.25, 0.3) is 5.91 Å². The van der Waals surface area contributed by atoms with Crippen LogP contribution in [0.25, 0.3) is 6.08 Å². The van der Waals surface area contributed by atoms with Crippen molar-refractivity contribution in [3.63, 3.8) is 0 Å². The molecule has 0 aromatic heterocycles. The molecule has 0 unspecified atom stereocenters. The first-order valence-corrected chi connectivity index (χ1v) is 10.5. The van der Waals surface area contributed by atoms with Crippen molar-refractivity contribution in [3.05, 3.63) is 52.9 Å². The second-order valence-corrected chi connectivity index (χ2v) is 8.02. The van der Waals surface area contributed by atoms with Crippen molar-refractivity contribution in [2.75, 3.05) is 34.5 Å². The van der Waals surface area contributed by atoms with Gasteiger partial charge in [-0.25, -0.2) is 0 Å². The molecule has 6 nitrogen and oxygen atoms in total. The summed E-state index contributed by atoms with van der Waals surface area (Å²) in [6.07, 6.45) is 2.46. The smallest absolute Gasteiger partial charge is 0.265 e. The minimum Gasteiger partial charge on any atom is -0.497 e. The van der Waals surface area contributed by atoms with Gasteiger partial charge in [-0.3, -0.25) is 9.69 Å². The zero-order valence-electron chi connectivity index (χ0n) is 17.0. The highest BCUT2D eigenvalue weighted by Gasteiger charge is 2.29. The largest absolute Gasteiger partial charge is 0.497 e. The number of ether oxygens (including phenoxy) is 4. The number of carbonyl (C=O) groups is 1. The molecular formula is C22H23NO5S2. The SMILES string of the molecule is COc1cccc(OCCCOc2c(/C=C3\SC(=S)N(C)C3=O)cccc2OC)c1. The standard InChI is InChI=1S/C22H23NO5S2/c1-23-21(24)19(30-22(23)29)13-15-7-4-10-18(26-3)20(15)28-12-6-11-27-17-9-5-8-16(14-17)25-2/h4-5,7-10,13-14H,6,11-12H2,1-3H3/b19-13-. The summed E-state index contributed by atoms with van der Waals surface area (Å²) in [5.41, 5.74) is 0.761. The van der Waals surface area contributed by atoms with Crippen LogP contribution in [0, 0.1) is 0 Å². The van der Waals surface area contributed by atoms with Gasteiger partial charge in [0.2, 0.25) is 0 Å². The minimum absolute atomic E-state index is 0.120. The van der Waals surface area contributed by atoms with Gasteiger partial charge in [0.1, 0.15) is 15.8 Å². The number of thioether (sulfide) groups is 1. The highest BCUT2D eigenvalue weighted by Crippen LogP contribution is 2.37. The van der Waals surface area contributed by atoms with Crippen molar-refractivity contribution in [2.45, 2.75) is 6.42 Å². The van der Waals surface area contributed by atoms with Gasteiger partial charge in [-0.1, -0.05) is 42.2 Å². The maximum atomic E-state index is 12.3. The van der Waals surface area contributed by atoms with E-state index < -0.39 is 0 Å². The Labute approximate surface area is 185 Å². The molecule has 1 aliphatic rings. The van der Waals surface area contributed by atoms with E-state index in [1.807, 2.05) is 42.5 Å². The van der Waals surface area contributed by atoms with Crippen LogP contribution in [0.2, 0.25) is 0 Å². The number of benzene rings is 2. The molecule has 1 aliphatic heterocycles. The van der Waals surface area contributed by atoms with E-state index in [4.69, 9.17) is 31.2 Å². The Balaban J connectivity index is 1.64. The molecule has 0 aliphatic carbocycles. The van der Waals surface area contributed by atoms with Crippen LogP contribution >= 0.6 is 24.0 Å². The number of hydrogen-bond donors (Lipinski definition) is 0. The van der Waals surface area contributed by atoms with Crippen molar-refractivity contribution < 1.29 is 23.7 Å². The molecule has 1 heterocycles. The summed E-state index contributed by atoms with van der Waals surface area (Å²) in [4.78, 5) is 14.3. The first-order chi connectivity index (χ1) is 14.5. The summed E-state index contributed by atoms with van der Waals surface area (Å²) in [6.45, 7) is 0.923. The average Bonchev–Trinajstić information content (AvgIpc) is 3.00. The molecule has 0 saturated carbocycles. The fraction of sp³-hybridized carbons (Fsp3) is 0.273. The van der Waals surface area contributed by atoms with Gasteiger partial charge in [-0.15, -0.1) is 0 Å². The van der Waals surface area contributed by atoms with E-state index in [-0.39, 0.29) is 5.91 Å². The Morgan fingerprint density at radius 3 is 2.47 bits per heavy atom. The van der Waals surface area contributed by atoms with E-state index in [0.29, 0.717) is 40.4 Å². The Morgan fingerprint density at radius 2 is 1.77 bits per heavy atom. The molecule has 0 N–H and O–H groups in total. The van der Waals surface area contributed by atoms with Gasteiger partial charge in [0, 0.05) is 25.1 Å². The van der Waals surface area contributed by atoms with Crippen LogP contribution in [0.1, 0.15) is 12.0 Å². The molecule has 2 aromatic carbocycles. The number of carbonyl (C=O) groups excluding carboxylic acids is 1. The van der Waals surface area contributed by atoms with Crippen LogP contribution in [-0.2, 0) is 4.79 Å². The van der Waals surface area contributed by atoms with Gasteiger partial charge in [-0.05, 0) is 24.3 Å². The van der Waals surface area contributed by atoms with Crippen LogP contribution < -0.4 is 18.9 Å². The fourth-order valence-electron chi connectivity index (χ4n) is 2.76. The lowest BCUT2D eigenvalue weighted by atomic mass is 10.1. The summed E-state index contributed by atoms with van der Waals surface area (Å²) in [6, 6.07) is 13.0. The van der Waals surface area contributed by atoms with Crippen LogP contribution in [0.15, 0.2) is 47.4 Å². The highest BCUT2D eigenvalue weighted by atomic mass is 32.2. The predicted molar refractivity (Wildman–Crippen MR) is 123 cm³/mol. The molecule has 1 amide bonds. The third-order valence-corrected chi connectivity index (χ3v) is 5.83. The molecule has 30 heavy (non-hydrogen) atoms. The number of rotatable bonds is 9. The number of hydrogen-bond acceptors (Lipinski definition) is 7. The molecule has 0 spiro atoms. The highest BCUT2D eigenvalue weighted by molar-refractivity contribution is 8.26. The molecule has 2 aromatic rings. The van der Waals surface area contributed by atoms with Gasteiger partial charge in [0.15, 0.2) is 11.5 Å². The maximum absolute atomic E-state index is 12.3. The summed E-state index contributed by atoms with van der Waals surface area (Å²) < 4.78 is 22.9. The van der Waals surface area contributed by atoms with Crippen molar-refractivity contribution in [1.82, 2.24) is 4.90 Å². The molecule has 158 valence electrons. The van der Waals surface area contributed by atoms with Crippen molar-refractivity contribution in [2.24, 2.45) is 0 Å². The van der Waals surface area contributed by atoms with Crippen molar-refractivity contribution in [3.8, 4) is 23.0 Å². The van der Waals surface area contributed by atoms with Crippen LogP contribution in [0.4, 0.5) is 0 Å². The van der Waals surface area contributed by atoms with E-state index in [1.54, 1.807) is 27.3 Å². The monoisotopic (exact) mass is 445 g/mol. The van der Waals surface area contributed by atoms with Gasteiger partial charge in [0.05, 0.1) is 32.3 Å². The van der Waals surface area contributed by atoms with Gasteiger partial charge < -0.3 is 18.9 Å². The lowest BCUT2D eigenvalue weighted by Gasteiger charge is -2.14. The number of methoxy groups -OCH3 is 2. The maximum Gasteiger partial charge on any atom is 0.265 e. The summed E-state index contributed by atoms with van der Waals surface area (Å²) >= 11 is 6.47. The molecule has 1 saturated heterocycles. The topological polar surface area (TPSA) is 57.2 Å². The second-order valence-electron chi connectivity index (χ2n) is 6.35. The van der Waals surface area contributed by atoms with Gasteiger partial charge in [-0.2, -0.15) is 0 Å². The number of nitrogens with zero attached hydrogens (tertiary/aromatic N) is 1. The molecule has 1 fully saturated rings. The van der Waals surface area contributed by atoms with E-state index in [0.717, 1.165) is 17.1 Å². The Morgan fingerprint density at radius 1 is 1.03 bits per heavy atom. The average molecular weight is 446 g/mol. The third-order valence-electron chi connectivity index (χ3n) is 4.35. The minimum atomic E-state index is -0.120. The molecule has 0 atom stereocenters. The Hall–Kier alpha value is -2.71. The lowest BCUT2D eigenvalue weighted by Crippen LogP contribution is -2.22. The first-order valence-electron chi connectivity index (χ1n) is 9.31. The molecule has 3 rings (SSSR count). The number of amides is 1. The molecule has 0 bridgehead atoms. The van der Waals surface area contributed by atoms with Crippen molar-refractivity contribution in [1.29, 1.82) is 0 Å².